The number of benzene rings is 1. The fourth-order valence-electron chi connectivity index (χ4n) is 2.78. The molecule has 0 radical (unpaired) electrons. The number of hydrogen-bond donors (Lipinski definition) is 1. The smallest absolute Gasteiger partial charge is 0.223 e. The van der Waals surface area contributed by atoms with Crippen molar-refractivity contribution in [2.24, 2.45) is 5.73 Å². The summed E-state index contributed by atoms with van der Waals surface area (Å²) < 4.78 is 5.56. The summed E-state index contributed by atoms with van der Waals surface area (Å²) in [6, 6.07) is 8.30. The minimum atomic E-state index is 0. The average Bonchev–Trinajstić information content (AvgIpc) is 3.00. The summed E-state index contributed by atoms with van der Waals surface area (Å²) in [5.41, 5.74) is 6.89. The van der Waals surface area contributed by atoms with Crippen molar-refractivity contribution < 1.29 is 9.53 Å². The zero-order chi connectivity index (χ0) is 15.1. The van der Waals surface area contributed by atoms with Gasteiger partial charge in [-0.05, 0) is 43.4 Å². The molecule has 1 amide bonds. The summed E-state index contributed by atoms with van der Waals surface area (Å²) in [7, 11) is 0. The Hall–Kier alpha value is -1.26. The summed E-state index contributed by atoms with van der Waals surface area (Å²) in [6.07, 6.45) is 4.48. The van der Waals surface area contributed by atoms with Crippen LogP contribution in [0.25, 0.3) is 0 Å². The molecule has 124 valence electrons. The molecule has 1 aliphatic rings. The van der Waals surface area contributed by atoms with E-state index in [0.29, 0.717) is 13.0 Å². The third-order valence-corrected chi connectivity index (χ3v) is 3.99. The van der Waals surface area contributed by atoms with E-state index < -0.39 is 0 Å². The first-order chi connectivity index (χ1) is 10.2. The molecule has 1 heterocycles. The van der Waals surface area contributed by atoms with Crippen LogP contribution < -0.4 is 10.5 Å². The first-order valence-corrected chi connectivity index (χ1v) is 7.96. The lowest BCUT2D eigenvalue weighted by Gasteiger charge is -2.23. The molecule has 1 fully saturated rings. The van der Waals surface area contributed by atoms with Crippen LogP contribution in [0.1, 0.15) is 38.2 Å². The van der Waals surface area contributed by atoms with Gasteiger partial charge >= 0.3 is 0 Å². The molecule has 0 saturated carbocycles. The van der Waals surface area contributed by atoms with Gasteiger partial charge in [-0.25, -0.2) is 0 Å². The predicted octanol–water partition coefficient (Wildman–Crippen LogP) is 2.78. The van der Waals surface area contributed by atoms with Gasteiger partial charge in [0.05, 0.1) is 6.61 Å². The van der Waals surface area contributed by atoms with E-state index in [1.165, 1.54) is 5.56 Å². The van der Waals surface area contributed by atoms with Gasteiger partial charge in [-0.3, -0.25) is 4.79 Å². The van der Waals surface area contributed by atoms with Gasteiger partial charge < -0.3 is 15.4 Å². The van der Waals surface area contributed by atoms with Crippen LogP contribution in [-0.4, -0.2) is 36.5 Å². The van der Waals surface area contributed by atoms with Gasteiger partial charge in [0, 0.05) is 25.6 Å². The van der Waals surface area contributed by atoms with Crippen molar-refractivity contribution in [3.63, 3.8) is 0 Å². The second-order valence-corrected chi connectivity index (χ2v) is 5.61. The molecule has 1 atom stereocenters. The summed E-state index contributed by atoms with van der Waals surface area (Å²) in [6.45, 7) is 4.28. The molecule has 5 heteroatoms. The van der Waals surface area contributed by atoms with Crippen LogP contribution in [0, 0.1) is 0 Å². The van der Waals surface area contributed by atoms with E-state index in [2.05, 4.69) is 6.92 Å². The van der Waals surface area contributed by atoms with Crippen molar-refractivity contribution in [2.75, 3.05) is 19.7 Å². The van der Waals surface area contributed by atoms with Crippen molar-refractivity contribution >= 4 is 18.3 Å². The largest absolute Gasteiger partial charge is 0.494 e. The molecule has 2 rings (SSSR count). The minimum Gasteiger partial charge on any atom is -0.494 e. The third kappa shape index (κ3) is 5.18. The molecule has 0 bridgehead atoms. The normalized spacial score (nSPS) is 17.2. The number of nitrogens with two attached hydrogens (primary N) is 1. The van der Waals surface area contributed by atoms with E-state index in [9.17, 15) is 4.79 Å². The standard InChI is InChI=1S/C17H26N2O2.ClH/c1-2-12-21-16-8-5-14(6-9-16)7-10-17(20)19-11-3-4-15(19)13-18;/h5-6,8-9,15H,2-4,7,10-13,18H2,1H3;1H. The van der Waals surface area contributed by atoms with E-state index in [0.717, 1.165) is 44.6 Å². The van der Waals surface area contributed by atoms with Gasteiger partial charge in [-0.2, -0.15) is 0 Å². The fourth-order valence-corrected chi connectivity index (χ4v) is 2.78. The maximum Gasteiger partial charge on any atom is 0.223 e. The van der Waals surface area contributed by atoms with Crippen LogP contribution in [0.2, 0.25) is 0 Å². The van der Waals surface area contributed by atoms with Crippen LogP contribution in [-0.2, 0) is 11.2 Å². The fraction of sp³-hybridized carbons (Fsp3) is 0.588. The number of carbonyl (C=O) groups excluding carboxylic acids is 1. The lowest BCUT2D eigenvalue weighted by atomic mass is 10.1. The Morgan fingerprint density at radius 2 is 2.09 bits per heavy atom. The van der Waals surface area contributed by atoms with Crippen LogP contribution in [0.15, 0.2) is 24.3 Å². The lowest BCUT2D eigenvalue weighted by molar-refractivity contribution is -0.131. The number of likely N-dealkylation sites (tertiary alicyclic amines) is 1. The molecular formula is C17H27ClN2O2. The van der Waals surface area contributed by atoms with E-state index in [4.69, 9.17) is 10.5 Å². The molecule has 0 aliphatic carbocycles. The molecular weight excluding hydrogens is 300 g/mol. The summed E-state index contributed by atoms with van der Waals surface area (Å²) >= 11 is 0. The second kappa shape index (κ2) is 9.70. The maximum atomic E-state index is 12.2. The van der Waals surface area contributed by atoms with Crippen LogP contribution >= 0.6 is 12.4 Å². The first kappa shape index (κ1) is 18.8. The molecule has 0 spiro atoms. The SMILES string of the molecule is CCCOc1ccc(CCC(=O)N2CCCC2CN)cc1.Cl. The van der Waals surface area contributed by atoms with Crippen molar-refractivity contribution in [3.05, 3.63) is 29.8 Å². The molecule has 1 unspecified atom stereocenters. The maximum absolute atomic E-state index is 12.2. The Morgan fingerprint density at radius 3 is 2.73 bits per heavy atom. The number of aryl methyl sites for hydroxylation is 1. The van der Waals surface area contributed by atoms with E-state index in [-0.39, 0.29) is 24.4 Å². The van der Waals surface area contributed by atoms with Crippen LogP contribution in [0.4, 0.5) is 0 Å². The topological polar surface area (TPSA) is 55.6 Å². The highest BCUT2D eigenvalue weighted by Gasteiger charge is 2.26. The number of halogens is 1. The number of ether oxygens (including phenoxy) is 1. The third-order valence-electron chi connectivity index (χ3n) is 3.99. The van der Waals surface area contributed by atoms with Crippen molar-refractivity contribution in [1.29, 1.82) is 0 Å². The van der Waals surface area contributed by atoms with Gasteiger partial charge in [0.25, 0.3) is 0 Å². The van der Waals surface area contributed by atoms with Crippen molar-refractivity contribution in [2.45, 2.75) is 45.1 Å². The van der Waals surface area contributed by atoms with Crippen LogP contribution in [0.5, 0.6) is 5.75 Å². The molecule has 1 aromatic rings. The molecule has 1 saturated heterocycles. The Bertz CT molecular complexity index is 450. The molecule has 1 aliphatic heterocycles. The molecule has 1 aromatic carbocycles. The summed E-state index contributed by atoms with van der Waals surface area (Å²) in [5.74, 6) is 1.13. The van der Waals surface area contributed by atoms with Crippen molar-refractivity contribution in [1.82, 2.24) is 4.90 Å². The van der Waals surface area contributed by atoms with Gasteiger partial charge in [0.15, 0.2) is 0 Å². The van der Waals surface area contributed by atoms with Gasteiger partial charge in [0.2, 0.25) is 5.91 Å². The van der Waals surface area contributed by atoms with E-state index in [1.54, 1.807) is 0 Å². The summed E-state index contributed by atoms with van der Waals surface area (Å²) in [5, 5.41) is 0. The van der Waals surface area contributed by atoms with Crippen LogP contribution in [0.3, 0.4) is 0 Å². The first-order valence-electron chi connectivity index (χ1n) is 7.96. The molecule has 0 aromatic heterocycles. The van der Waals surface area contributed by atoms with Gasteiger partial charge in [0.1, 0.15) is 5.75 Å². The highest BCUT2D eigenvalue weighted by Crippen LogP contribution is 2.19. The highest BCUT2D eigenvalue weighted by atomic mass is 35.5. The van der Waals surface area contributed by atoms with E-state index >= 15 is 0 Å². The van der Waals surface area contributed by atoms with Crippen molar-refractivity contribution in [3.8, 4) is 5.75 Å². The zero-order valence-electron chi connectivity index (χ0n) is 13.3. The quantitative estimate of drug-likeness (QED) is 0.838. The van der Waals surface area contributed by atoms with Gasteiger partial charge in [-0.1, -0.05) is 19.1 Å². The molecule has 2 N–H and O–H groups in total. The molecule has 22 heavy (non-hydrogen) atoms. The highest BCUT2D eigenvalue weighted by molar-refractivity contribution is 5.85. The number of hydrogen-bond acceptors (Lipinski definition) is 3. The Balaban J connectivity index is 0.00000242. The number of rotatable bonds is 7. The minimum absolute atomic E-state index is 0. The Morgan fingerprint density at radius 1 is 1.36 bits per heavy atom. The van der Waals surface area contributed by atoms with E-state index in [1.807, 2.05) is 29.2 Å². The second-order valence-electron chi connectivity index (χ2n) is 5.61. The average molecular weight is 327 g/mol. The number of nitrogens with zero attached hydrogens (tertiary/aromatic N) is 1. The number of carbonyl (C=O) groups is 1. The Kier molecular flexibility index (Phi) is 8.28. The predicted molar refractivity (Wildman–Crippen MR) is 91.6 cm³/mol. The Labute approximate surface area is 139 Å². The van der Waals surface area contributed by atoms with Gasteiger partial charge in [-0.15, -0.1) is 12.4 Å². The lowest BCUT2D eigenvalue weighted by Crippen LogP contribution is -2.39. The number of amides is 1. The molecule has 4 nitrogen and oxygen atoms in total. The summed E-state index contributed by atoms with van der Waals surface area (Å²) in [4.78, 5) is 14.2. The monoisotopic (exact) mass is 326 g/mol. The zero-order valence-corrected chi connectivity index (χ0v) is 14.1.